The molecular weight excluding hydrogens is 286 g/mol. The van der Waals surface area contributed by atoms with Gasteiger partial charge in [0.05, 0.1) is 0 Å². The lowest BCUT2D eigenvalue weighted by Crippen LogP contribution is -2.34. The Labute approximate surface area is 120 Å². The molecular formula is C16H24BrN. The summed E-state index contributed by atoms with van der Waals surface area (Å²) in [6.07, 6.45) is 5.60. The minimum Gasteiger partial charge on any atom is -0.295 e. The van der Waals surface area contributed by atoms with Crippen molar-refractivity contribution in [3.8, 4) is 0 Å². The fraction of sp³-hybridized carbons (Fsp3) is 0.625. The lowest BCUT2D eigenvalue weighted by Gasteiger charge is -2.29. The van der Waals surface area contributed by atoms with Gasteiger partial charge in [-0.25, -0.2) is 0 Å². The minimum atomic E-state index is 0.808. The van der Waals surface area contributed by atoms with E-state index in [1.54, 1.807) is 0 Å². The minimum absolute atomic E-state index is 0.808. The molecule has 1 fully saturated rings. The summed E-state index contributed by atoms with van der Waals surface area (Å²) in [5, 5.41) is 1.08. The van der Waals surface area contributed by atoms with Crippen LogP contribution in [0.4, 0.5) is 0 Å². The number of halogens is 1. The van der Waals surface area contributed by atoms with Gasteiger partial charge in [0.1, 0.15) is 0 Å². The second-order valence-corrected chi connectivity index (χ2v) is 6.32. The zero-order valence-corrected chi connectivity index (χ0v) is 13.2. The molecule has 0 atom stereocenters. The fourth-order valence-corrected chi connectivity index (χ4v) is 3.41. The molecule has 0 aliphatic heterocycles. The lowest BCUT2D eigenvalue weighted by molar-refractivity contribution is 0.202. The first kappa shape index (κ1) is 14.1. The summed E-state index contributed by atoms with van der Waals surface area (Å²) in [5.41, 5.74) is 4.31. The fourth-order valence-electron chi connectivity index (χ4n) is 2.96. The smallest absolute Gasteiger partial charge is 0.0239 e. The number of hydrogen-bond donors (Lipinski definition) is 0. The first-order chi connectivity index (χ1) is 8.70. The monoisotopic (exact) mass is 309 g/mol. The third kappa shape index (κ3) is 3.58. The average Bonchev–Trinajstić information content (AvgIpc) is 2.87. The molecule has 0 N–H and O–H groups in total. The van der Waals surface area contributed by atoms with Crippen molar-refractivity contribution >= 4 is 15.9 Å². The van der Waals surface area contributed by atoms with Crippen LogP contribution in [-0.4, -0.2) is 22.8 Å². The van der Waals surface area contributed by atoms with E-state index in [1.807, 2.05) is 0 Å². The van der Waals surface area contributed by atoms with Gasteiger partial charge in [-0.2, -0.15) is 0 Å². The van der Waals surface area contributed by atoms with Gasteiger partial charge in [0.25, 0.3) is 0 Å². The van der Waals surface area contributed by atoms with Crippen molar-refractivity contribution < 1.29 is 0 Å². The van der Waals surface area contributed by atoms with E-state index in [4.69, 9.17) is 0 Å². The second-order valence-electron chi connectivity index (χ2n) is 5.53. The molecule has 0 saturated heterocycles. The molecule has 0 amide bonds. The topological polar surface area (TPSA) is 3.24 Å². The predicted octanol–water partition coefficient (Wildman–Crippen LogP) is 4.44. The largest absolute Gasteiger partial charge is 0.295 e. The summed E-state index contributed by atoms with van der Waals surface area (Å²) in [6, 6.07) is 7.63. The van der Waals surface area contributed by atoms with Gasteiger partial charge in [0.15, 0.2) is 0 Å². The molecule has 1 aromatic carbocycles. The first-order valence-electron chi connectivity index (χ1n) is 7.07. The molecule has 1 saturated carbocycles. The summed E-state index contributed by atoms with van der Waals surface area (Å²) in [7, 11) is 0. The standard InChI is InChI=1S/C16H24BrN/c1-13-7-8-14(2)15(11-13)12-18(10-9-17)16-5-3-4-6-16/h7-8,11,16H,3-6,9-10,12H2,1-2H3. The van der Waals surface area contributed by atoms with Gasteiger partial charge in [-0.3, -0.25) is 4.90 Å². The normalized spacial score (nSPS) is 16.7. The van der Waals surface area contributed by atoms with Gasteiger partial charge in [-0.1, -0.05) is 52.5 Å². The predicted molar refractivity (Wildman–Crippen MR) is 82.4 cm³/mol. The Morgan fingerprint density at radius 1 is 1.22 bits per heavy atom. The van der Waals surface area contributed by atoms with E-state index in [0.29, 0.717) is 0 Å². The van der Waals surface area contributed by atoms with Gasteiger partial charge >= 0.3 is 0 Å². The second kappa shape index (κ2) is 6.72. The van der Waals surface area contributed by atoms with Crippen LogP contribution >= 0.6 is 15.9 Å². The van der Waals surface area contributed by atoms with Crippen LogP contribution < -0.4 is 0 Å². The van der Waals surface area contributed by atoms with Crippen LogP contribution in [0.2, 0.25) is 0 Å². The maximum absolute atomic E-state index is 3.60. The molecule has 2 heteroatoms. The number of hydrogen-bond acceptors (Lipinski definition) is 1. The van der Waals surface area contributed by atoms with E-state index in [-0.39, 0.29) is 0 Å². The molecule has 1 aromatic rings. The molecule has 1 aliphatic rings. The van der Waals surface area contributed by atoms with Crippen molar-refractivity contribution in [3.05, 3.63) is 34.9 Å². The Hall–Kier alpha value is -0.340. The molecule has 0 bridgehead atoms. The van der Waals surface area contributed by atoms with Crippen molar-refractivity contribution in [1.82, 2.24) is 4.90 Å². The van der Waals surface area contributed by atoms with Crippen molar-refractivity contribution in [2.45, 2.75) is 52.1 Å². The van der Waals surface area contributed by atoms with Crippen LogP contribution in [0.1, 0.15) is 42.4 Å². The number of rotatable bonds is 5. The van der Waals surface area contributed by atoms with E-state index in [0.717, 1.165) is 24.5 Å². The number of nitrogens with zero attached hydrogens (tertiary/aromatic N) is 1. The summed E-state index contributed by atoms with van der Waals surface area (Å²) in [6.45, 7) is 6.70. The highest BCUT2D eigenvalue weighted by Gasteiger charge is 2.22. The van der Waals surface area contributed by atoms with Crippen molar-refractivity contribution in [3.63, 3.8) is 0 Å². The highest BCUT2D eigenvalue weighted by molar-refractivity contribution is 9.09. The molecule has 100 valence electrons. The number of benzene rings is 1. The molecule has 0 spiro atoms. The highest BCUT2D eigenvalue weighted by Crippen LogP contribution is 2.25. The molecule has 0 unspecified atom stereocenters. The Kier molecular flexibility index (Phi) is 5.25. The average molecular weight is 310 g/mol. The zero-order valence-electron chi connectivity index (χ0n) is 11.6. The van der Waals surface area contributed by atoms with E-state index < -0.39 is 0 Å². The molecule has 1 nitrogen and oxygen atoms in total. The quantitative estimate of drug-likeness (QED) is 0.727. The van der Waals surface area contributed by atoms with Gasteiger partial charge < -0.3 is 0 Å². The highest BCUT2D eigenvalue weighted by atomic mass is 79.9. The molecule has 1 aliphatic carbocycles. The Bertz CT molecular complexity index is 383. The molecule has 18 heavy (non-hydrogen) atoms. The van der Waals surface area contributed by atoms with Gasteiger partial charge in [0.2, 0.25) is 0 Å². The maximum atomic E-state index is 3.60. The van der Waals surface area contributed by atoms with Crippen LogP contribution in [0.3, 0.4) is 0 Å². The third-order valence-corrected chi connectivity index (χ3v) is 4.45. The van der Waals surface area contributed by atoms with Crippen LogP contribution in [0.25, 0.3) is 0 Å². The summed E-state index contributed by atoms with van der Waals surface area (Å²) in [4.78, 5) is 2.67. The van der Waals surface area contributed by atoms with Gasteiger partial charge in [0, 0.05) is 24.5 Å². The third-order valence-electron chi connectivity index (χ3n) is 4.09. The van der Waals surface area contributed by atoms with Crippen LogP contribution in [0.5, 0.6) is 0 Å². The Morgan fingerprint density at radius 2 is 1.94 bits per heavy atom. The number of alkyl halides is 1. The molecule has 2 rings (SSSR count). The Morgan fingerprint density at radius 3 is 2.61 bits per heavy atom. The number of aryl methyl sites for hydroxylation is 2. The summed E-state index contributed by atoms with van der Waals surface area (Å²) < 4.78 is 0. The molecule has 0 heterocycles. The lowest BCUT2D eigenvalue weighted by atomic mass is 10.0. The summed E-state index contributed by atoms with van der Waals surface area (Å²) in [5.74, 6) is 0. The summed E-state index contributed by atoms with van der Waals surface area (Å²) >= 11 is 3.60. The van der Waals surface area contributed by atoms with E-state index in [2.05, 4.69) is 52.9 Å². The van der Waals surface area contributed by atoms with Gasteiger partial charge in [-0.05, 0) is 37.8 Å². The van der Waals surface area contributed by atoms with Crippen molar-refractivity contribution in [2.75, 3.05) is 11.9 Å². The van der Waals surface area contributed by atoms with E-state index >= 15 is 0 Å². The van der Waals surface area contributed by atoms with Crippen molar-refractivity contribution in [1.29, 1.82) is 0 Å². The van der Waals surface area contributed by atoms with Crippen LogP contribution in [0, 0.1) is 13.8 Å². The first-order valence-corrected chi connectivity index (χ1v) is 8.19. The molecule has 0 radical (unpaired) electrons. The van der Waals surface area contributed by atoms with Crippen LogP contribution in [0.15, 0.2) is 18.2 Å². The van der Waals surface area contributed by atoms with E-state index in [1.165, 1.54) is 42.4 Å². The van der Waals surface area contributed by atoms with Crippen molar-refractivity contribution in [2.24, 2.45) is 0 Å². The Balaban J connectivity index is 2.09. The maximum Gasteiger partial charge on any atom is 0.0239 e. The van der Waals surface area contributed by atoms with Crippen LogP contribution in [-0.2, 0) is 6.54 Å². The van der Waals surface area contributed by atoms with E-state index in [9.17, 15) is 0 Å². The molecule has 0 aromatic heterocycles. The zero-order chi connectivity index (χ0) is 13.0. The SMILES string of the molecule is Cc1ccc(C)c(CN(CCBr)C2CCCC2)c1. The van der Waals surface area contributed by atoms with Gasteiger partial charge in [-0.15, -0.1) is 0 Å².